The molecule has 5 heteroatoms. The number of aromatic nitrogens is 1. The van der Waals surface area contributed by atoms with Crippen molar-refractivity contribution in [3.8, 4) is 0 Å². The van der Waals surface area contributed by atoms with Crippen LogP contribution in [0.4, 0.5) is 0 Å². The van der Waals surface area contributed by atoms with Crippen molar-refractivity contribution < 1.29 is 9.90 Å². The summed E-state index contributed by atoms with van der Waals surface area (Å²) in [5, 5.41) is 12.5. The van der Waals surface area contributed by atoms with Crippen molar-refractivity contribution in [2.75, 3.05) is 6.61 Å². The number of pyridine rings is 1. The van der Waals surface area contributed by atoms with Crippen LogP contribution in [0.15, 0.2) is 12.1 Å². The average molecular weight is 285 g/mol. The molecule has 0 saturated heterocycles. The van der Waals surface area contributed by atoms with E-state index in [9.17, 15) is 9.90 Å². The molecule has 19 heavy (non-hydrogen) atoms. The van der Waals surface area contributed by atoms with E-state index in [4.69, 9.17) is 11.6 Å². The van der Waals surface area contributed by atoms with E-state index < -0.39 is 0 Å². The first-order chi connectivity index (χ1) is 8.73. The summed E-state index contributed by atoms with van der Waals surface area (Å²) in [7, 11) is 0. The van der Waals surface area contributed by atoms with Crippen LogP contribution >= 0.6 is 11.6 Å². The maximum atomic E-state index is 12.1. The summed E-state index contributed by atoms with van der Waals surface area (Å²) < 4.78 is 0. The number of carbonyl (C=O) groups excluding carboxylic acids is 1. The van der Waals surface area contributed by atoms with E-state index in [0.717, 1.165) is 0 Å². The van der Waals surface area contributed by atoms with Crippen LogP contribution in [0.5, 0.6) is 0 Å². The van der Waals surface area contributed by atoms with Crippen molar-refractivity contribution >= 4 is 17.5 Å². The fourth-order valence-corrected chi connectivity index (χ4v) is 2.12. The zero-order valence-electron chi connectivity index (χ0n) is 11.8. The van der Waals surface area contributed by atoms with Crippen LogP contribution in [0.1, 0.15) is 43.2 Å². The number of carbonyl (C=O) groups is 1. The van der Waals surface area contributed by atoms with Gasteiger partial charge in [0.15, 0.2) is 0 Å². The lowest BCUT2D eigenvalue weighted by atomic mass is 9.88. The van der Waals surface area contributed by atoms with E-state index in [2.05, 4.69) is 31.1 Å². The van der Waals surface area contributed by atoms with Gasteiger partial charge in [-0.3, -0.25) is 4.79 Å². The number of hydrogen-bond acceptors (Lipinski definition) is 3. The van der Waals surface area contributed by atoms with Crippen LogP contribution < -0.4 is 5.32 Å². The molecule has 0 radical (unpaired) electrons. The molecule has 2 N–H and O–H groups in total. The molecular formula is C14H21ClN2O2. The molecular weight excluding hydrogens is 264 g/mol. The van der Waals surface area contributed by atoms with Crippen molar-refractivity contribution in [3.63, 3.8) is 0 Å². The number of aliphatic hydroxyl groups excluding tert-OH is 1. The molecule has 1 unspecified atom stereocenters. The van der Waals surface area contributed by atoms with Crippen molar-refractivity contribution in [2.45, 2.75) is 40.2 Å². The zero-order chi connectivity index (χ0) is 14.6. The van der Waals surface area contributed by atoms with E-state index in [0.29, 0.717) is 22.8 Å². The van der Waals surface area contributed by atoms with Gasteiger partial charge in [0.1, 0.15) is 5.15 Å². The molecule has 0 aliphatic heterocycles. The number of halogens is 1. The third-order valence-corrected chi connectivity index (χ3v) is 2.92. The lowest BCUT2D eigenvalue weighted by Crippen LogP contribution is -2.40. The number of nitrogens with zero attached hydrogens (tertiary/aromatic N) is 1. The summed E-state index contributed by atoms with van der Waals surface area (Å²) in [6.45, 7) is 7.85. The van der Waals surface area contributed by atoms with Gasteiger partial charge in [-0.25, -0.2) is 4.98 Å². The molecule has 1 amide bonds. The molecule has 1 rings (SSSR count). The Labute approximate surface area is 119 Å². The Morgan fingerprint density at radius 3 is 2.58 bits per heavy atom. The molecule has 106 valence electrons. The number of aliphatic hydroxyl groups is 1. The van der Waals surface area contributed by atoms with Crippen molar-refractivity contribution in [1.82, 2.24) is 10.3 Å². The maximum absolute atomic E-state index is 12.1. The standard InChI is InChI=1S/C14H21ClN2O2/c1-9-11(5-6-12(15)16-9)13(19)17-10(8-18)7-14(2,3)4/h5-6,10,18H,7-8H2,1-4H3,(H,17,19). The molecule has 0 aliphatic rings. The molecule has 1 aromatic rings. The minimum atomic E-state index is -0.262. The van der Waals surface area contributed by atoms with Crippen LogP contribution in [0.3, 0.4) is 0 Å². The first kappa shape index (κ1) is 15.9. The van der Waals surface area contributed by atoms with E-state index in [-0.39, 0.29) is 24.0 Å². The Balaban J connectivity index is 2.77. The second-order valence-corrected chi connectivity index (χ2v) is 6.27. The SMILES string of the molecule is Cc1nc(Cl)ccc1C(=O)NC(CO)CC(C)(C)C. The topological polar surface area (TPSA) is 62.2 Å². The number of nitrogens with one attached hydrogen (secondary N) is 1. The smallest absolute Gasteiger partial charge is 0.253 e. The lowest BCUT2D eigenvalue weighted by molar-refractivity contribution is 0.0896. The van der Waals surface area contributed by atoms with E-state index in [1.807, 2.05) is 0 Å². The molecule has 1 atom stereocenters. The highest BCUT2D eigenvalue weighted by Crippen LogP contribution is 2.21. The van der Waals surface area contributed by atoms with Crippen LogP contribution in [0.25, 0.3) is 0 Å². The molecule has 0 aliphatic carbocycles. The summed E-state index contributed by atoms with van der Waals surface area (Å²) in [6.07, 6.45) is 0.704. The summed E-state index contributed by atoms with van der Waals surface area (Å²) in [4.78, 5) is 16.2. The van der Waals surface area contributed by atoms with E-state index in [1.165, 1.54) is 0 Å². The monoisotopic (exact) mass is 284 g/mol. The highest BCUT2D eigenvalue weighted by Gasteiger charge is 2.21. The predicted octanol–water partition coefficient (Wildman–Crippen LogP) is 2.57. The Bertz CT molecular complexity index is 455. The molecule has 0 fully saturated rings. The summed E-state index contributed by atoms with van der Waals surface area (Å²) in [6, 6.07) is 2.97. The molecule has 0 aromatic carbocycles. The van der Waals surface area contributed by atoms with Gasteiger partial charge in [0.2, 0.25) is 0 Å². The third-order valence-electron chi connectivity index (χ3n) is 2.71. The quantitative estimate of drug-likeness (QED) is 0.836. The Kier molecular flexibility index (Phi) is 5.32. The first-order valence-corrected chi connectivity index (χ1v) is 6.65. The predicted molar refractivity (Wildman–Crippen MR) is 76.4 cm³/mol. The van der Waals surface area contributed by atoms with Crippen LogP contribution in [0.2, 0.25) is 5.15 Å². The molecule has 1 aromatic heterocycles. The average Bonchev–Trinajstić information content (AvgIpc) is 2.25. The van der Waals surface area contributed by atoms with Gasteiger partial charge in [-0.2, -0.15) is 0 Å². The Morgan fingerprint density at radius 2 is 2.11 bits per heavy atom. The first-order valence-electron chi connectivity index (χ1n) is 6.28. The van der Waals surface area contributed by atoms with Crippen LogP contribution in [-0.4, -0.2) is 28.6 Å². The lowest BCUT2D eigenvalue weighted by Gasteiger charge is -2.25. The zero-order valence-corrected chi connectivity index (χ0v) is 12.6. The van der Waals surface area contributed by atoms with Crippen molar-refractivity contribution in [1.29, 1.82) is 0 Å². The van der Waals surface area contributed by atoms with E-state index >= 15 is 0 Å². The van der Waals surface area contributed by atoms with Gasteiger partial charge in [-0.15, -0.1) is 0 Å². The summed E-state index contributed by atoms with van der Waals surface area (Å²) in [5.41, 5.74) is 1.10. The molecule has 0 bridgehead atoms. The fourth-order valence-electron chi connectivity index (χ4n) is 1.93. The van der Waals surface area contributed by atoms with Crippen LogP contribution in [0, 0.1) is 12.3 Å². The van der Waals surface area contributed by atoms with Gasteiger partial charge in [0.25, 0.3) is 5.91 Å². The fraction of sp³-hybridized carbons (Fsp3) is 0.571. The Hall–Kier alpha value is -1.13. The van der Waals surface area contributed by atoms with E-state index in [1.54, 1.807) is 19.1 Å². The van der Waals surface area contributed by atoms with Gasteiger partial charge in [0.05, 0.1) is 23.9 Å². The van der Waals surface area contributed by atoms with Gasteiger partial charge in [-0.1, -0.05) is 32.4 Å². The van der Waals surface area contributed by atoms with Gasteiger partial charge in [-0.05, 0) is 30.9 Å². The van der Waals surface area contributed by atoms with Gasteiger partial charge >= 0.3 is 0 Å². The summed E-state index contributed by atoms with van der Waals surface area (Å²) in [5.74, 6) is -0.232. The van der Waals surface area contributed by atoms with Crippen LogP contribution in [-0.2, 0) is 0 Å². The van der Waals surface area contributed by atoms with Crippen molar-refractivity contribution in [2.24, 2.45) is 5.41 Å². The maximum Gasteiger partial charge on any atom is 0.253 e. The molecule has 0 spiro atoms. The minimum Gasteiger partial charge on any atom is -0.394 e. The molecule has 1 heterocycles. The molecule has 4 nitrogen and oxygen atoms in total. The number of aryl methyl sites for hydroxylation is 1. The third kappa shape index (κ3) is 5.17. The second kappa shape index (κ2) is 6.35. The van der Waals surface area contributed by atoms with Crippen molar-refractivity contribution in [3.05, 3.63) is 28.5 Å². The van der Waals surface area contributed by atoms with Gasteiger partial charge in [0, 0.05) is 0 Å². The normalized spacial score (nSPS) is 13.2. The Morgan fingerprint density at radius 1 is 1.47 bits per heavy atom. The highest BCUT2D eigenvalue weighted by molar-refractivity contribution is 6.29. The number of hydrogen-bond donors (Lipinski definition) is 2. The minimum absolute atomic E-state index is 0.0357. The number of rotatable bonds is 4. The number of amides is 1. The summed E-state index contributed by atoms with van der Waals surface area (Å²) >= 11 is 5.76. The largest absolute Gasteiger partial charge is 0.394 e. The highest BCUT2D eigenvalue weighted by atomic mass is 35.5. The second-order valence-electron chi connectivity index (χ2n) is 5.88. The molecule has 0 saturated carbocycles. The van der Waals surface area contributed by atoms with Gasteiger partial charge < -0.3 is 10.4 Å².